The number of nitrogens with one attached hydrogen (secondary N) is 1. The molecule has 0 aromatic heterocycles. The van der Waals surface area contributed by atoms with Crippen LogP contribution < -0.4 is 10.1 Å². The maximum absolute atomic E-state index is 12.6. The zero-order chi connectivity index (χ0) is 21.8. The molecule has 7 heteroatoms. The fraction of sp³-hybridized carbons (Fsp3) is 0.0417. The van der Waals surface area contributed by atoms with Crippen LogP contribution in [0.4, 0.5) is 11.4 Å². The van der Waals surface area contributed by atoms with Gasteiger partial charge in [0.2, 0.25) is 0 Å². The lowest BCUT2D eigenvalue weighted by Crippen LogP contribution is -2.12. The molecule has 0 fully saturated rings. The van der Waals surface area contributed by atoms with Gasteiger partial charge in [-0.2, -0.15) is 0 Å². The van der Waals surface area contributed by atoms with Crippen molar-refractivity contribution >= 4 is 67.0 Å². The van der Waals surface area contributed by atoms with Crippen LogP contribution in [0.5, 0.6) is 5.75 Å². The number of allylic oxidation sites excluding steroid dienone is 1. The Kier molecular flexibility index (Phi) is 6.98. The molecular weight excluding hydrogens is 469 g/mol. The van der Waals surface area contributed by atoms with Crippen LogP contribution in [0.3, 0.4) is 0 Å². The number of benzene rings is 3. The third kappa shape index (κ3) is 5.49. The van der Waals surface area contributed by atoms with Crippen molar-refractivity contribution in [2.75, 3.05) is 5.32 Å². The van der Waals surface area contributed by atoms with E-state index >= 15 is 0 Å². The van der Waals surface area contributed by atoms with E-state index in [4.69, 9.17) is 27.9 Å². The number of ether oxygens (including phenoxy) is 1. The fourth-order valence-corrected chi connectivity index (χ4v) is 5.50. The van der Waals surface area contributed by atoms with Crippen molar-refractivity contribution in [2.45, 2.75) is 6.42 Å². The van der Waals surface area contributed by atoms with Crippen LogP contribution in [-0.4, -0.2) is 5.97 Å². The molecule has 0 saturated carbocycles. The van der Waals surface area contributed by atoms with Gasteiger partial charge in [-0.15, -0.1) is 0 Å². The van der Waals surface area contributed by atoms with Gasteiger partial charge in [0.05, 0.1) is 22.2 Å². The Morgan fingerprint density at radius 1 is 0.935 bits per heavy atom. The molecule has 1 aliphatic heterocycles. The predicted molar refractivity (Wildman–Crippen MR) is 134 cm³/mol. The highest BCUT2D eigenvalue weighted by Crippen LogP contribution is 2.48. The van der Waals surface area contributed by atoms with Crippen molar-refractivity contribution < 1.29 is 9.53 Å². The number of carbonyl (C=O) groups is 1. The van der Waals surface area contributed by atoms with Crippen LogP contribution in [0.25, 0.3) is 4.91 Å². The van der Waals surface area contributed by atoms with E-state index in [1.807, 2.05) is 42.5 Å². The van der Waals surface area contributed by atoms with Crippen molar-refractivity contribution in [3.05, 3.63) is 105 Å². The fourth-order valence-electron chi connectivity index (χ4n) is 2.98. The Labute approximate surface area is 198 Å². The lowest BCUT2D eigenvalue weighted by Gasteiger charge is -2.14. The monoisotopic (exact) mass is 485 g/mol. The van der Waals surface area contributed by atoms with Gasteiger partial charge < -0.3 is 10.1 Å². The minimum absolute atomic E-state index is 0.102. The molecule has 0 aliphatic carbocycles. The molecule has 0 atom stereocenters. The number of rotatable bonds is 6. The van der Waals surface area contributed by atoms with Gasteiger partial charge in [0.25, 0.3) is 0 Å². The molecule has 3 aromatic carbocycles. The number of hydrogen-bond donors (Lipinski definition) is 1. The number of carbonyl (C=O) groups excluding carboxylic acids is 1. The van der Waals surface area contributed by atoms with E-state index in [0.717, 1.165) is 26.6 Å². The Morgan fingerprint density at radius 2 is 1.65 bits per heavy atom. The summed E-state index contributed by atoms with van der Waals surface area (Å²) >= 11 is 12.5. The summed E-state index contributed by atoms with van der Waals surface area (Å²) in [5.74, 6) is 0.147. The topological polar surface area (TPSA) is 38.3 Å². The molecule has 0 unspecified atom stereocenters. The summed E-state index contributed by atoms with van der Waals surface area (Å²) in [6.07, 6.45) is 2.15. The van der Waals surface area contributed by atoms with Crippen molar-refractivity contribution in [1.82, 2.24) is 0 Å². The van der Waals surface area contributed by atoms with Crippen molar-refractivity contribution in [3.63, 3.8) is 0 Å². The minimum atomic E-state index is -0.356. The minimum Gasteiger partial charge on any atom is -0.426 e. The van der Waals surface area contributed by atoms with Crippen molar-refractivity contribution in [2.24, 2.45) is 0 Å². The lowest BCUT2D eigenvalue weighted by atomic mass is 10.1. The first-order valence-corrected chi connectivity index (χ1v) is 12.3. The number of para-hydroxylation sites is 2. The molecule has 1 N–H and O–H groups in total. The third-order valence-electron chi connectivity index (χ3n) is 4.48. The summed E-state index contributed by atoms with van der Waals surface area (Å²) in [5.41, 5.74) is 3.19. The average molecular weight is 486 g/mol. The molecule has 0 saturated heterocycles. The molecule has 156 valence electrons. The highest BCUT2D eigenvalue weighted by molar-refractivity contribution is 8.82. The maximum atomic E-state index is 12.6. The molecule has 0 spiro atoms. The van der Waals surface area contributed by atoms with E-state index < -0.39 is 0 Å². The van der Waals surface area contributed by atoms with E-state index in [2.05, 4.69) is 11.9 Å². The molecule has 1 heterocycles. The Bertz CT molecular complexity index is 1160. The standard InChI is InChI=1S/C24H17Cl2NO2S2/c1-15-13-22(31-30-15)16-9-11-18(12-10-16)29-23(28)14-17-5-2-3-8-21(17)27-24-19(25)6-4-7-20(24)26/h2-13,27H,1,14H2. The van der Waals surface area contributed by atoms with Crippen LogP contribution in [-0.2, 0) is 11.2 Å². The molecule has 0 bridgehead atoms. The average Bonchev–Trinajstić information content (AvgIpc) is 3.19. The molecule has 3 aromatic rings. The number of anilines is 2. The Morgan fingerprint density at radius 3 is 2.32 bits per heavy atom. The first kappa shape index (κ1) is 21.9. The highest BCUT2D eigenvalue weighted by atomic mass is 35.5. The summed E-state index contributed by atoms with van der Waals surface area (Å²) < 4.78 is 5.54. The summed E-state index contributed by atoms with van der Waals surface area (Å²) in [6, 6.07) is 20.3. The molecule has 1 aliphatic rings. The van der Waals surface area contributed by atoms with Gasteiger partial charge >= 0.3 is 5.97 Å². The number of hydrogen-bond acceptors (Lipinski definition) is 5. The first-order chi connectivity index (χ1) is 15.0. The first-order valence-electron chi connectivity index (χ1n) is 9.35. The van der Waals surface area contributed by atoms with Crippen LogP contribution in [0.15, 0.2) is 84.3 Å². The largest absolute Gasteiger partial charge is 0.426 e. The van der Waals surface area contributed by atoms with Gasteiger partial charge in [0.1, 0.15) is 5.75 Å². The predicted octanol–water partition coefficient (Wildman–Crippen LogP) is 8.13. The zero-order valence-corrected chi connectivity index (χ0v) is 19.4. The summed E-state index contributed by atoms with van der Waals surface area (Å²) in [4.78, 5) is 14.7. The summed E-state index contributed by atoms with van der Waals surface area (Å²) in [5, 5.41) is 4.24. The SMILES string of the molecule is C=C1C=C(c2ccc(OC(=O)Cc3ccccc3Nc3c(Cl)cccc3Cl)cc2)SS1. The molecule has 31 heavy (non-hydrogen) atoms. The molecular formula is C24H17Cl2NO2S2. The van der Waals surface area contributed by atoms with Gasteiger partial charge in [-0.25, -0.2) is 0 Å². The van der Waals surface area contributed by atoms with Gasteiger partial charge in [0.15, 0.2) is 0 Å². The summed E-state index contributed by atoms with van der Waals surface area (Å²) in [6.45, 7) is 3.95. The van der Waals surface area contributed by atoms with Gasteiger partial charge in [-0.1, -0.05) is 87.8 Å². The highest BCUT2D eigenvalue weighted by Gasteiger charge is 2.14. The third-order valence-corrected chi connectivity index (χ3v) is 7.48. The van der Waals surface area contributed by atoms with E-state index in [9.17, 15) is 4.79 Å². The van der Waals surface area contributed by atoms with Crippen molar-refractivity contribution in [3.8, 4) is 5.75 Å². The number of halogens is 2. The summed E-state index contributed by atoms with van der Waals surface area (Å²) in [7, 11) is 3.32. The van der Waals surface area contributed by atoms with E-state index in [-0.39, 0.29) is 12.4 Å². The second-order valence-corrected chi connectivity index (χ2v) is 9.81. The second kappa shape index (κ2) is 9.88. The second-order valence-electron chi connectivity index (χ2n) is 6.70. The zero-order valence-electron chi connectivity index (χ0n) is 16.2. The smallest absolute Gasteiger partial charge is 0.315 e. The van der Waals surface area contributed by atoms with Gasteiger partial charge in [-0.3, -0.25) is 4.79 Å². The van der Waals surface area contributed by atoms with Crippen LogP contribution >= 0.6 is 44.8 Å². The Hall–Kier alpha value is -2.31. The Balaban J connectivity index is 1.44. The normalized spacial score (nSPS) is 13.1. The maximum Gasteiger partial charge on any atom is 0.315 e. The van der Waals surface area contributed by atoms with Crippen LogP contribution in [0.1, 0.15) is 11.1 Å². The van der Waals surface area contributed by atoms with Gasteiger partial charge in [-0.05, 0) is 47.5 Å². The molecule has 4 rings (SSSR count). The van der Waals surface area contributed by atoms with Crippen LogP contribution in [0.2, 0.25) is 10.0 Å². The van der Waals surface area contributed by atoms with E-state index in [0.29, 0.717) is 21.5 Å². The molecule has 0 amide bonds. The van der Waals surface area contributed by atoms with Crippen LogP contribution in [0, 0.1) is 0 Å². The molecule has 3 nitrogen and oxygen atoms in total. The molecule has 0 radical (unpaired) electrons. The lowest BCUT2D eigenvalue weighted by molar-refractivity contribution is -0.133. The van der Waals surface area contributed by atoms with Crippen molar-refractivity contribution in [1.29, 1.82) is 0 Å². The van der Waals surface area contributed by atoms with E-state index in [1.165, 1.54) is 0 Å². The van der Waals surface area contributed by atoms with Gasteiger partial charge in [0, 0.05) is 15.5 Å². The number of esters is 1. The quantitative estimate of drug-likeness (QED) is 0.216. The van der Waals surface area contributed by atoms with E-state index in [1.54, 1.807) is 51.9 Å².